The van der Waals surface area contributed by atoms with Crippen molar-refractivity contribution in [2.75, 3.05) is 13.2 Å². The molecule has 0 aliphatic carbocycles. The molecule has 0 saturated carbocycles. The molecule has 0 bridgehead atoms. The van der Waals surface area contributed by atoms with Crippen molar-refractivity contribution < 1.29 is 13.6 Å². The Balaban J connectivity index is 1.77. The van der Waals surface area contributed by atoms with Gasteiger partial charge in [0.15, 0.2) is 13.7 Å². The maximum atomic E-state index is 13.8. The zero-order valence-corrected chi connectivity index (χ0v) is 28.7. The van der Waals surface area contributed by atoms with E-state index in [1.165, 1.54) is 5.56 Å². The zero-order valence-electron chi connectivity index (χ0n) is 26.8. The van der Waals surface area contributed by atoms with Gasteiger partial charge in [0.25, 0.3) is 0 Å². The molecule has 5 nitrogen and oxygen atoms in total. The lowest BCUT2D eigenvalue weighted by molar-refractivity contribution is 0.229. The molecular formula is C36H45N2O3PSi. The van der Waals surface area contributed by atoms with Gasteiger partial charge in [-0.2, -0.15) is 0 Å². The molecule has 0 N–H and O–H groups in total. The Kier molecular flexibility index (Phi) is 9.15. The third-order valence-corrected chi connectivity index (χ3v) is 17.7. The predicted octanol–water partition coefficient (Wildman–Crippen LogP) is 10.4. The summed E-state index contributed by atoms with van der Waals surface area (Å²) >= 11 is 0. The average molecular weight is 613 g/mol. The van der Waals surface area contributed by atoms with Crippen molar-refractivity contribution in [2.45, 2.75) is 72.0 Å². The minimum Gasteiger partial charge on any atom is -0.379 e. The molecule has 0 atom stereocenters. The first kappa shape index (κ1) is 31.4. The lowest BCUT2D eigenvalue weighted by Crippen LogP contribution is -2.51. The molecule has 226 valence electrons. The van der Waals surface area contributed by atoms with Gasteiger partial charge in [-0.05, 0) is 88.4 Å². The molecule has 0 radical (unpaired) electrons. The van der Waals surface area contributed by atoms with Gasteiger partial charge in [0, 0.05) is 17.1 Å². The Hall–Kier alpha value is -3.02. The summed E-state index contributed by atoms with van der Waals surface area (Å²) in [4.78, 5) is 5.01. The molecule has 0 saturated heterocycles. The van der Waals surface area contributed by atoms with Gasteiger partial charge in [0.1, 0.15) is 0 Å². The van der Waals surface area contributed by atoms with Gasteiger partial charge < -0.3 is 13.3 Å². The summed E-state index contributed by atoms with van der Waals surface area (Å²) in [5.74, 6) is 0. The minimum absolute atomic E-state index is 0.275. The number of fused-ring (bicyclic) bond motifs is 2. The highest BCUT2D eigenvalue weighted by molar-refractivity contribution is 7.61. The summed E-state index contributed by atoms with van der Waals surface area (Å²) in [6, 6.07) is 25.3. The van der Waals surface area contributed by atoms with E-state index in [9.17, 15) is 4.57 Å². The largest absolute Gasteiger partial charge is 0.379 e. The summed E-state index contributed by atoms with van der Waals surface area (Å²) in [7, 11) is -5.44. The van der Waals surface area contributed by atoms with Crippen LogP contribution < -0.4 is 5.44 Å². The molecule has 3 aromatic carbocycles. The van der Waals surface area contributed by atoms with Crippen LogP contribution in [0.2, 0.25) is 16.6 Å². The Bertz CT molecular complexity index is 1760. The van der Waals surface area contributed by atoms with E-state index < -0.39 is 15.8 Å². The van der Waals surface area contributed by atoms with Crippen LogP contribution in [0.15, 0.2) is 85.2 Å². The number of aromatic nitrogens is 2. The number of hydrogen-bond acceptors (Lipinski definition) is 4. The molecule has 43 heavy (non-hydrogen) atoms. The summed E-state index contributed by atoms with van der Waals surface area (Å²) in [5, 5.41) is 3.30. The summed E-state index contributed by atoms with van der Waals surface area (Å²) in [6.45, 7) is 18.6. The van der Waals surface area contributed by atoms with Gasteiger partial charge in [-0.15, -0.1) is 0 Å². The van der Waals surface area contributed by atoms with Crippen molar-refractivity contribution in [3.63, 3.8) is 0 Å². The fourth-order valence-corrected chi connectivity index (χ4v) is 15.4. The van der Waals surface area contributed by atoms with Crippen molar-refractivity contribution in [1.29, 1.82) is 0 Å². The fraction of sp³-hybridized carbons (Fsp3) is 0.361. The predicted molar refractivity (Wildman–Crippen MR) is 185 cm³/mol. The molecule has 7 heteroatoms. The average Bonchev–Trinajstić information content (AvgIpc) is 3.46. The summed E-state index contributed by atoms with van der Waals surface area (Å²) in [5.41, 5.74) is 7.35. The second-order valence-electron chi connectivity index (χ2n) is 12.3. The standard InChI is InChI=1S/C36H45N2O3PSi/c1-9-40-42(39,41-10-2)35-19-18-29-22-31(30-20-21-38(24-30)43(25(3)4,26(5)6)27(7)8)23-34(36(29)37-35)33-17-13-15-28-14-11-12-16-32(28)33/h11-27H,9-10H2,1-8H3. The van der Waals surface area contributed by atoms with Crippen LogP contribution in [0.25, 0.3) is 43.9 Å². The van der Waals surface area contributed by atoms with Gasteiger partial charge in [-0.3, -0.25) is 4.57 Å². The third-order valence-electron chi connectivity index (χ3n) is 8.98. The maximum Gasteiger partial charge on any atom is 0.379 e. The van der Waals surface area contributed by atoms with Crippen LogP contribution in [0.4, 0.5) is 0 Å². The number of rotatable bonds is 11. The minimum atomic E-state index is -3.56. The van der Waals surface area contributed by atoms with Crippen LogP contribution in [0, 0.1) is 0 Å². The zero-order chi connectivity index (χ0) is 30.9. The second-order valence-corrected chi connectivity index (χ2v) is 20.0. The number of benzene rings is 3. The van der Waals surface area contributed by atoms with E-state index in [2.05, 4.69) is 119 Å². The van der Waals surface area contributed by atoms with Crippen LogP contribution in [0.1, 0.15) is 55.4 Å². The molecule has 5 rings (SSSR count). The highest BCUT2D eigenvalue weighted by atomic mass is 31.2. The van der Waals surface area contributed by atoms with E-state index in [0.717, 1.165) is 38.4 Å². The van der Waals surface area contributed by atoms with E-state index in [1.807, 2.05) is 19.9 Å². The Morgan fingerprint density at radius 3 is 2.05 bits per heavy atom. The number of hydrogen-bond donors (Lipinski definition) is 0. The molecule has 5 aromatic rings. The molecule has 2 aromatic heterocycles. The first-order chi connectivity index (χ1) is 20.6. The van der Waals surface area contributed by atoms with E-state index >= 15 is 0 Å². The smallest absolute Gasteiger partial charge is 0.379 e. The van der Waals surface area contributed by atoms with Gasteiger partial charge in [-0.1, -0.05) is 90.1 Å². The normalized spacial score (nSPS) is 12.8. The van der Waals surface area contributed by atoms with E-state index in [-0.39, 0.29) is 13.2 Å². The fourth-order valence-electron chi connectivity index (χ4n) is 7.42. The highest BCUT2D eigenvalue weighted by Crippen LogP contribution is 2.47. The monoisotopic (exact) mass is 612 g/mol. The van der Waals surface area contributed by atoms with Crippen molar-refractivity contribution in [3.8, 4) is 22.3 Å². The van der Waals surface area contributed by atoms with Crippen LogP contribution in [-0.4, -0.2) is 30.7 Å². The SMILES string of the molecule is CCOP(=O)(OCC)c1ccc2cc(-c3ccn([Si](C(C)C)(C(C)C)C(C)C)c3)cc(-c3cccc4ccccc34)c2n1. The Labute approximate surface area is 257 Å². The first-order valence-electron chi connectivity index (χ1n) is 15.6. The maximum absolute atomic E-state index is 13.8. The molecule has 0 aliphatic heterocycles. The summed E-state index contributed by atoms with van der Waals surface area (Å²) in [6.07, 6.45) is 4.69. The van der Waals surface area contributed by atoms with Gasteiger partial charge in [-0.25, -0.2) is 4.98 Å². The van der Waals surface area contributed by atoms with E-state index in [4.69, 9.17) is 14.0 Å². The molecule has 0 aliphatic rings. The second kappa shape index (κ2) is 12.5. The van der Waals surface area contributed by atoms with E-state index in [0.29, 0.717) is 22.1 Å². The number of pyridine rings is 1. The van der Waals surface area contributed by atoms with Gasteiger partial charge >= 0.3 is 7.60 Å². The van der Waals surface area contributed by atoms with E-state index in [1.54, 1.807) is 6.07 Å². The first-order valence-corrected chi connectivity index (χ1v) is 19.3. The summed E-state index contributed by atoms with van der Waals surface area (Å²) < 4.78 is 27.7. The molecular weight excluding hydrogens is 567 g/mol. The topological polar surface area (TPSA) is 53.4 Å². The molecule has 2 heterocycles. The van der Waals surface area contributed by atoms with Crippen LogP contribution in [-0.2, 0) is 13.6 Å². The quantitative estimate of drug-likeness (QED) is 0.110. The third kappa shape index (κ3) is 5.55. The van der Waals surface area contributed by atoms with Crippen molar-refractivity contribution >= 4 is 42.9 Å². The Morgan fingerprint density at radius 1 is 0.744 bits per heavy atom. The van der Waals surface area contributed by atoms with Crippen molar-refractivity contribution in [3.05, 3.63) is 85.2 Å². The highest BCUT2D eigenvalue weighted by Gasteiger charge is 2.45. The van der Waals surface area contributed by atoms with Crippen LogP contribution >= 0.6 is 7.60 Å². The Morgan fingerprint density at radius 2 is 1.40 bits per heavy atom. The van der Waals surface area contributed by atoms with Gasteiger partial charge in [0.2, 0.25) is 0 Å². The van der Waals surface area contributed by atoms with Crippen molar-refractivity contribution in [2.24, 2.45) is 0 Å². The van der Waals surface area contributed by atoms with Crippen LogP contribution in [0.3, 0.4) is 0 Å². The lowest BCUT2D eigenvalue weighted by Gasteiger charge is -2.44. The molecule has 0 fully saturated rings. The van der Waals surface area contributed by atoms with Gasteiger partial charge in [0.05, 0.1) is 18.7 Å². The van der Waals surface area contributed by atoms with Crippen LogP contribution in [0.5, 0.6) is 0 Å². The molecule has 0 spiro atoms. The number of nitrogens with zero attached hydrogens (tertiary/aromatic N) is 2. The molecule has 0 unspecified atom stereocenters. The molecule has 0 amide bonds. The van der Waals surface area contributed by atoms with Crippen molar-refractivity contribution in [1.82, 2.24) is 9.22 Å². The lowest BCUT2D eigenvalue weighted by atomic mass is 9.93.